The van der Waals surface area contributed by atoms with Gasteiger partial charge in [-0.3, -0.25) is 14.8 Å². The van der Waals surface area contributed by atoms with E-state index < -0.39 is 5.91 Å². The third-order valence-electron chi connectivity index (χ3n) is 2.34. The van der Waals surface area contributed by atoms with Gasteiger partial charge in [0.2, 0.25) is 11.8 Å². The van der Waals surface area contributed by atoms with Gasteiger partial charge in [0.25, 0.3) is 5.91 Å². The smallest absolute Gasteiger partial charge is 0.252 e. The zero-order valence-electron chi connectivity index (χ0n) is 15.2. The topological polar surface area (TPSA) is 101 Å². The second kappa shape index (κ2) is 18.9. The number of nitrogens with zero attached hydrogens (tertiary/aromatic N) is 1. The number of unbranched alkanes of at least 4 members (excludes halogenated alkanes) is 2. The normalized spacial score (nSPS) is 8.71. The zero-order valence-corrected chi connectivity index (χ0v) is 15.2. The number of amides is 2. The molecule has 0 aliphatic carbocycles. The van der Waals surface area contributed by atoms with Crippen molar-refractivity contribution in [2.45, 2.75) is 66.2 Å². The number of pyridine rings is 1. The molecule has 24 heavy (non-hydrogen) atoms. The molecule has 1 aromatic heterocycles. The van der Waals surface area contributed by atoms with E-state index in [4.69, 9.17) is 10.0 Å². The summed E-state index contributed by atoms with van der Waals surface area (Å²) in [6.45, 7) is 8.25. The molecule has 0 fully saturated rings. The van der Waals surface area contributed by atoms with E-state index in [-0.39, 0.29) is 12.3 Å². The number of rotatable bonds is 8. The van der Waals surface area contributed by atoms with Gasteiger partial charge in [0.15, 0.2) is 0 Å². The quantitative estimate of drug-likeness (QED) is 0.382. The standard InChI is InChI=1S/C12H17N3O4.C3H8.C2H6/c16-10(14-18)6-2-1-3-7-11(17)15-19-12-8-4-5-9-13-12;1-3-2;1-2/h4-5,8-9,18H,1-3,6-7H2,(H,14,16)(H,15,17);3H2,1-2H3;1-2H3. The first-order valence-electron chi connectivity index (χ1n) is 8.43. The molecule has 1 aromatic rings. The van der Waals surface area contributed by atoms with Gasteiger partial charge in [-0.15, -0.1) is 0 Å². The van der Waals surface area contributed by atoms with E-state index in [0.29, 0.717) is 25.1 Å². The molecule has 1 rings (SSSR count). The second-order valence-corrected chi connectivity index (χ2v) is 4.60. The highest BCUT2D eigenvalue weighted by Crippen LogP contribution is 2.04. The molecular weight excluding hydrogens is 310 g/mol. The highest BCUT2D eigenvalue weighted by atomic mass is 16.7. The third kappa shape index (κ3) is 16.2. The first-order chi connectivity index (χ1) is 11.6. The number of nitrogens with one attached hydrogen (secondary N) is 2. The Bertz CT molecular complexity index is 414. The molecule has 3 N–H and O–H groups in total. The minimum Gasteiger partial charge on any atom is -0.359 e. The Morgan fingerprint density at radius 3 is 2.17 bits per heavy atom. The van der Waals surface area contributed by atoms with Crippen LogP contribution in [0.4, 0.5) is 0 Å². The molecule has 138 valence electrons. The molecule has 7 heteroatoms. The molecule has 0 aliphatic rings. The van der Waals surface area contributed by atoms with Crippen LogP contribution < -0.4 is 15.8 Å². The summed E-state index contributed by atoms with van der Waals surface area (Å²) in [7, 11) is 0. The number of hydroxylamine groups is 2. The fraction of sp³-hybridized carbons (Fsp3) is 0.588. The first-order valence-corrected chi connectivity index (χ1v) is 8.43. The van der Waals surface area contributed by atoms with Crippen molar-refractivity contribution in [3.05, 3.63) is 24.4 Å². The molecule has 1 heterocycles. The van der Waals surface area contributed by atoms with Gasteiger partial charge in [0, 0.05) is 25.1 Å². The summed E-state index contributed by atoms with van der Waals surface area (Å²) >= 11 is 0. The molecule has 0 bridgehead atoms. The van der Waals surface area contributed by atoms with Gasteiger partial charge >= 0.3 is 0 Å². The van der Waals surface area contributed by atoms with Crippen LogP contribution in [0, 0.1) is 0 Å². The van der Waals surface area contributed by atoms with Crippen molar-refractivity contribution in [2.24, 2.45) is 0 Å². The van der Waals surface area contributed by atoms with E-state index in [2.05, 4.69) is 24.3 Å². The average Bonchev–Trinajstić information content (AvgIpc) is 2.62. The van der Waals surface area contributed by atoms with E-state index >= 15 is 0 Å². The number of hydrogen-bond donors (Lipinski definition) is 3. The maximum Gasteiger partial charge on any atom is 0.252 e. The third-order valence-corrected chi connectivity index (χ3v) is 2.34. The lowest BCUT2D eigenvalue weighted by molar-refractivity contribution is -0.129. The van der Waals surface area contributed by atoms with Crippen LogP contribution in [0.25, 0.3) is 0 Å². The predicted molar refractivity (Wildman–Crippen MR) is 93.3 cm³/mol. The maximum atomic E-state index is 11.4. The van der Waals surface area contributed by atoms with Crippen LogP contribution >= 0.6 is 0 Å². The Balaban J connectivity index is 0. The van der Waals surface area contributed by atoms with E-state index in [0.717, 1.165) is 6.42 Å². The van der Waals surface area contributed by atoms with Gasteiger partial charge < -0.3 is 4.84 Å². The van der Waals surface area contributed by atoms with Crippen LogP contribution in [0.1, 0.15) is 66.2 Å². The monoisotopic (exact) mass is 341 g/mol. The molecule has 0 radical (unpaired) electrons. The molecular formula is C17H31N3O4. The molecule has 0 atom stereocenters. The van der Waals surface area contributed by atoms with Gasteiger partial charge in [-0.2, -0.15) is 5.48 Å². The molecule has 2 amide bonds. The van der Waals surface area contributed by atoms with Crippen LogP contribution in [0.15, 0.2) is 24.4 Å². The Labute approximate surface area is 144 Å². The largest absolute Gasteiger partial charge is 0.359 e. The summed E-state index contributed by atoms with van der Waals surface area (Å²) < 4.78 is 0. The van der Waals surface area contributed by atoms with E-state index in [1.165, 1.54) is 6.42 Å². The fourth-order valence-corrected chi connectivity index (χ4v) is 1.37. The second-order valence-electron chi connectivity index (χ2n) is 4.60. The Hall–Kier alpha value is -2.15. The van der Waals surface area contributed by atoms with Crippen molar-refractivity contribution in [1.82, 2.24) is 15.9 Å². The average molecular weight is 341 g/mol. The van der Waals surface area contributed by atoms with E-state index in [1.54, 1.807) is 29.9 Å². The molecule has 7 nitrogen and oxygen atoms in total. The lowest BCUT2D eigenvalue weighted by Crippen LogP contribution is -2.27. The van der Waals surface area contributed by atoms with E-state index in [1.807, 2.05) is 13.8 Å². The fourth-order valence-electron chi connectivity index (χ4n) is 1.37. The van der Waals surface area contributed by atoms with Crippen molar-refractivity contribution in [3.8, 4) is 5.88 Å². The first kappa shape index (κ1) is 24.1. The molecule has 0 aliphatic heterocycles. The van der Waals surface area contributed by atoms with Crippen LogP contribution in [0.2, 0.25) is 0 Å². The van der Waals surface area contributed by atoms with Gasteiger partial charge in [-0.25, -0.2) is 10.5 Å². The number of hydrogen-bond acceptors (Lipinski definition) is 5. The van der Waals surface area contributed by atoms with Gasteiger partial charge in [0.05, 0.1) is 0 Å². The zero-order chi connectivity index (χ0) is 18.6. The van der Waals surface area contributed by atoms with Crippen molar-refractivity contribution in [3.63, 3.8) is 0 Å². The van der Waals surface area contributed by atoms with Crippen LogP contribution in [0.5, 0.6) is 5.88 Å². The highest BCUT2D eigenvalue weighted by molar-refractivity contribution is 5.75. The van der Waals surface area contributed by atoms with Crippen molar-refractivity contribution >= 4 is 11.8 Å². The van der Waals surface area contributed by atoms with Gasteiger partial charge in [-0.1, -0.05) is 46.6 Å². The summed E-state index contributed by atoms with van der Waals surface area (Å²) in [4.78, 5) is 30.9. The highest BCUT2D eigenvalue weighted by Gasteiger charge is 2.03. The Kier molecular flexibility index (Phi) is 19.0. The molecule has 0 saturated heterocycles. The molecule has 0 saturated carbocycles. The molecule has 0 aromatic carbocycles. The summed E-state index contributed by atoms with van der Waals surface area (Å²) in [5.41, 5.74) is 3.85. The molecule has 0 unspecified atom stereocenters. The van der Waals surface area contributed by atoms with Crippen molar-refractivity contribution in [2.75, 3.05) is 0 Å². The minimum atomic E-state index is -0.414. The lowest BCUT2D eigenvalue weighted by atomic mass is 10.1. The van der Waals surface area contributed by atoms with Crippen LogP contribution in [0.3, 0.4) is 0 Å². The molecule has 0 spiro atoms. The summed E-state index contributed by atoms with van der Waals surface area (Å²) in [5, 5.41) is 8.27. The van der Waals surface area contributed by atoms with Crippen molar-refractivity contribution < 1.29 is 19.6 Å². The maximum absolute atomic E-state index is 11.4. The Morgan fingerprint density at radius 2 is 1.67 bits per heavy atom. The van der Waals surface area contributed by atoms with Gasteiger partial charge in [0.1, 0.15) is 0 Å². The summed E-state index contributed by atoms with van der Waals surface area (Å²) in [6.07, 6.45) is 5.38. The predicted octanol–water partition coefficient (Wildman–Crippen LogP) is 3.39. The number of carbonyl (C=O) groups excluding carboxylic acids is 2. The SMILES string of the molecule is CC.CCC.O=C(CCCCCC(=O)NOc1ccccn1)NO. The number of aromatic nitrogens is 1. The van der Waals surface area contributed by atoms with Gasteiger partial charge in [-0.05, 0) is 18.9 Å². The van der Waals surface area contributed by atoms with E-state index in [9.17, 15) is 9.59 Å². The summed E-state index contributed by atoms with van der Waals surface area (Å²) in [5.74, 6) is -0.323. The number of carbonyl (C=O) groups is 2. The van der Waals surface area contributed by atoms with Crippen LogP contribution in [-0.4, -0.2) is 22.0 Å². The Morgan fingerprint density at radius 1 is 1.08 bits per heavy atom. The minimum absolute atomic E-state index is 0.239. The van der Waals surface area contributed by atoms with Crippen LogP contribution in [-0.2, 0) is 9.59 Å². The lowest BCUT2D eigenvalue weighted by Gasteiger charge is -2.05. The van der Waals surface area contributed by atoms with Crippen molar-refractivity contribution in [1.29, 1.82) is 0 Å². The summed E-state index contributed by atoms with van der Waals surface area (Å²) in [6, 6.07) is 5.13.